The van der Waals surface area contributed by atoms with Crippen LogP contribution in [0.5, 0.6) is 0 Å². The van der Waals surface area contributed by atoms with Crippen LogP contribution in [0, 0.1) is 17.7 Å². The first-order valence-corrected chi connectivity index (χ1v) is 7.21. The molecule has 0 saturated carbocycles. The van der Waals surface area contributed by atoms with Gasteiger partial charge in [0.05, 0.1) is 18.1 Å². The fourth-order valence-corrected chi connectivity index (χ4v) is 2.88. The van der Waals surface area contributed by atoms with Gasteiger partial charge in [-0.25, -0.2) is 9.69 Å². The molecule has 0 aromatic heterocycles. The first-order chi connectivity index (χ1) is 11.4. The smallest absolute Gasteiger partial charge is 0.355 e. The van der Waals surface area contributed by atoms with E-state index in [-0.39, 0.29) is 11.4 Å². The van der Waals surface area contributed by atoms with E-state index in [4.69, 9.17) is 11.6 Å². The van der Waals surface area contributed by atoms with Gasteiger partial charge in [0.2, 0.25) is 5.91 Å². The summed E-state index contributed by atoms with van der Waals surface area (Å²) in [6.45, 7) is 1.77. The Morgan fingerprint density at radius 1 is 1.33 bits per heavy atom. The molecule has 1 aromatic rings. The van der Waals surface area contributed by atoms with E-state index in [1.165, 1.54) is 6.07 Å². The predicted octanol–water partition coefficient (Wildman–Crippen LogP) is 1.03. The standard InChI is InChI=1S/C14H11ClN4O5/c1-6-3-4-7(5-8(6)15)18-12(20)9-10(14(22)24-2)16-19(17-23)11(9)13(18)21/h3-5,9,11H,1-2H3/t9-,11+/m1/s1. The zero-order chi connectivity index (χ0) is 17.6. The summed E-state index contributed by atoms with van der Waals surface area (Å²) >= 11 is 6.04. The van der Waals surface area contributed by atoms with Crippen molar-refractivity contribution in [3.63, 3.8) is 0 Å². The second-order valence-electron chi connectivity index (χ2n) is 5.25. The third-order valence-electron chi connectivity index (χ3n) is 3.92. The molecule has 2 amide bonds. The number of halogens is 1. The summed E-state index contributed by atoms with van der Waals surface area (Å²) < 4.78 is 4.55. The minimum atomic E-state index is -1.30. The van der Waals surface area contributed by atoms with Crippen molar-refractivity contribution in [2.24, 2.45) is 16.3 Å². The van der Waals surface area contributed by atoms with Gasteiger partial charge in [-0.3, -0.25) is 9.59 Å². The zero-order valence-corrected chi connectivity index (χ0v) is 13.4. The molecule has 0 bridgehead atoms. The van der Waals surface area contributed by atoms with Crippen molar-refractivity contribution in [1.82, 2.24) is 5.12 Å². The lowest BCUT2D eigenvalue weighted by atomic mass is 9.98. The van der Waals surface area contributed by atoms with Gasteiger partial charge in [0.15, 0.2) is 11.8 Å². The highest BCUT2D eigenvalue weighted by Crippen LogP contribution is 2.36. The van der Waals surface area contributed by atoms with Crippen molar-refractivity contribution in [3.05, 3.63) is 33.7 Å². The number of carbonyl (C=O) groups is 3. The van der Waals surface area contributed by atoms with Crippen molar-refractivity contribution in [2.45, 2.75) is 13.0 Å². The Bertz CT molecular complexity index is 808. The Labute approximate surface area is 140 Å². The number of ether oxygens (including phenoxy) is 1. The molecule has 0 N–H and O–H groups in total. The SMILES string of the molecule is COC(=O)C1=NN(N=O)[C@@H]2C(=O)N(c3ccc(C)c(Cl)c3)C(=O)[C@H]12. The van der Waals surface area contributed by atoms with Gasteiger partial charge < -0.3 is 4.74 Å². The molecule has 2 aliphatic heterocycles. The topological polar surface area (TPSA) is 109 Å². The third kappa shape index (κ3) is 2.16. The van der Waals surface area contributed by atoms with Gasteiger partial charge in [-0.05, 0) is 24.6 Å². The largest absolute Gasteiger partial charge is 0.464 e. The predicted molar refractivity (Wildman–Crippen MR) is 83.0 cm³/mol. The highest BCUT2D eigenvalue weighted by atomic mass is 35.5. The highest BCUT2D eigenvalue weighted by Gasteiger charge is 2.59. The number of methoxy groups -OCH3 is 1. The molecule has 1 saturated heterocycles. The van der Waals surface area contributed by atoms with E-state index in [0.29, 0.717) is 10.1 Å². The number of imide groups is 1. The molecule has 24 heavy (non-hydrogen) atoms. The van der Waals surface area contributed by atoms with Crippen LogP contribution in [0.15, 0.2) is 28.6 Å². The lowest BCUT2D eigenvalue weighted by Crippen LogP contribution is -2.36. The molecule has 9 nitrogen and oxygen atoms in total. The molecule has 124 valence electrons. The molecule has 2 aliphatic rings. The number of hydrogen-bond donors (Lipinski definition) is 0. The summed E-state index contributed by atoms with van der Waals surface area (Å²) in [5.41, 5.74) is 0.680. The Balaban J connectivity index is 2.05. The quantitative estimate of drug-likeness (QED) is 0.457. The van der Waals surface area contributed by atoms with Crippen molar-refractivity contribution >= 4 is 40.8 Å². The van der Waals surface area contributed by atoms with Gasteiger partial charge in [-0.1, -0.05) is 17.7 Å². The van der Waals surface area contributed by atoms with E-state index < -0.39 is 29.7 Å². The van der Waals surface area contributed by atoms with Crippen LogP contribution >= 0.6 is 11.6 Å². The van der Waals surface area contributed by atoms with Crippen molar-refractivity contribution in [3.8, 4) is 0 Å². The zero-order valence-electron chi connectivity index (χ0n) is 12.6. The van der Waals surface area contributed by atoms with Gasteiger partial charge in [0, 0.05) is 5.02 Å². The van der Waals surface area contributed by atoms with Crippen LogP contribution in [0.4, 0.5) is 5.69 Å². The van der Waals surface area contributed by atoms with Crippen LogP contribution in [0.2, 0.25) is 5.02 Å². The summed E-state index contributed by atoms with van der Waals surface area (Å²) in [5.74, 6) is -3.56. The summed E-state index contributed by atoms with van der Waals surface area (Å²) in [6, 6.07) is 3.36. The number of amides is 2. The molecule has 0 radical (unpaired) electrons. The average Bonchev–Trinajstić information content (AvgIpc) is 3.07. The van der Waals surface area contributed by atoms with Gasteiger partial charge in [-0.2, -0.15) is 0 Å². The normalized spacial score (nSPS) is 22.5. The monoisotopic (exact) mass is 350 g/mol. The van der Waals surface area contributed by atoms with E-state index in [1.807, 2.05) is 0 Å². The summed E-state index contributed by atoms with van der Waals surface area (Å²) in [4.78, 5) is 48.9. The molecule has 0 spiro atoms. The van der Waals surface area contributed by atoms with Gasteiger partial charge in [-0.15, -0.1) is 15.1 Å². The fraction of sp³-hybridized carbons (Fsp3) is 0.286. The van der Waals surface area contributed by atoms with E-state index in [2.05, 4.69) is 15.1 Å². The number of carbonyl (C=O) groups excluding carboxylic acids is 3. The fourth-order valence-electron chi connectivity index (χ4n) is 2.71. The number of anilines is 1. The second kappa shape index (κ2) is 5.68. The lowest BCUT2D eigenvalue weighted by molar-refractivity contribution is -0.133. The van der Waals surface area contributed by atoms with E-state index >= 15 is 0 Å². The maximum atomic E-state index is 12.7. The first-order valence-electron chi connectivity index (χ1n) is 6.84. The number of nitrogens with zero attached hydrogens (tertiary/aromatic N) is 4. The second-order valence-corrected chi connectivity index (χ2v) is 5.65. The lowest BCUT2D eigenvalue weighted by Gasteiger charge is -2.17. The van der Waals surface area contributed by atoms with Crippen LogP contribution in [0.25, 0.3) is 0 Å². The number of hydrazone groups is 1. The van der Waals surface area contributed by atoms with Crippen LogP contribution in [-0.4, -0.2) is 41.8 Å². The molecular formula is C14H11ClN4O5. The van der Waals surface area contributed by atoms with E-state index in [0.717, 1.165) is 17.6 Å². The van der Waals surface area contributed by atoms with Crippen molar-refractivity contribution in [1.29, 1.82) is 0 Å². The minimum Gasteiger partial charge on any atom is -0.464 e. The number of hydrogen-bond acceptors (Lipinski definition) is 7. The third-order valence-corrected chi connectivity index (χ3v) is 4.33. The maximum Gasteiger partial charge on any atom is 0.355 e. The van der Waals surface area contributed by atoms with Crippen LogP contribution < -0.4 is 4.90 Å². The van der Waals surface area contributed by atoms with Gasteiger partial charge in [0.1, 0.15) is 5.92 Å². The van der Waals surface area contributed by atoms with Crippen molar-refractivity contribution in [2.75, 3.05) is 12.0 Å². The molecule has 10 heteroatoms. The molecule has 1 fully saturated rings. The van der Waals surface area contributed by atoms with Crippen molar-refractivity contribution < 1.29 is 19.1 Å². The summed E-state index contributed by atoms with van der Waals surface area (Å²) in [5, 5.41) is 7.12. The van der Waals surface area contributed by atoms with Crippen LogP contribution in [0.1, 0.15) is 5.56 Å². The van der Waals surface area contributed by atoms with E-state index in [9.17, 15) is 19.3 Å². The Hall–Kier alpha value is -2.81. The molecule has 0 aliphatic carbocycles. The highest BCUT2D eigenvalue weighted by molar-refractivity contribution is 6.46. The average molecular weight is 351 g/mol. The molecule has 1 aromatic carbocycles. The summed E-state index contributed by atoms with van der Waals surface area (Å²) in [6.07, 6.45) is 0. The van der Waals surface area contributed by atoms with E-state index in [1.54, 1.807) is 19.1 Å². The number of rotatable bonds is 3. The number of esters is 1. The molecule has 2 atom stereocenters. The van der Waals surface area contributed by atoms with Crippen LogP contribution in [-0.2, 0) is 19.1 Å². The number of benzene rings is 1. The minimum absolute atomic E-state index is 0.241. The molecule has 0 unspecified atom stereocenters. The van der Waals surface area contributed by atoms with Gasteiger partial charge >= 0.3 is 5.97 Å². The first kappa shape index (κ1) is 16.1. The molecular weight excluding hydrogens is 340 g/mol. The summed E-state index contributed by atoms with van der Waals surface area (Å²) in [7, 11) is 1.11. The number of nitroso groups, excluding NO2 is 1. The maximum absolute atomic E-state index is 12.7. The Kier molecular flexibility index (Phi) is 3.80. The van der Waals surface area contributed by atoms with Gasteiger partial charge in [0.25, 0.3) is 5.91 Å². The molecule has 3 rings (SSSR count). The Morgan fingerprint density at radius 2 is 2.04 bits per heavy atom. The number of fused-ring (bicyclic) bond motifs is 1. The Morgan fingerprint density at radius 3 is 2.62 bits per heavy atom. The van der Waals surface area contributed by atoms with Crippen LogP contribution in [0.3, 0.4) is 0 Å². The molecule has 2 heterocycles. The number of aryl methyl sites for hydroxylation is 1.